The minimum atomic E-state index is -0.427. The summed E-state index contributed by atoms with van der Waals surface area (Å²) in [6.45, 7) is 15.3. The SMILES string of the molecule is CCCCCCCCCCCCCCCCCCCCOc1cc(N2C(=O)c3ccc4c5c(Br)cc6c7c(ccc(c8c(Br)cc(c3c48)C2=O)c75)C(=O)N(c2cc(C)c(OCCCCCCCCCCCCCCCCCCCC)c(OCCCCCCCCCCCCCCCCCCCC)c2)C6=O)cc(C)c1OCCCCCCCCCCCCCCCCCCCC. The Balaban J connectivity index is 0.846. The lowest BCUT2D eigenvalue weighted by Gasteiger charge is -2.31. The lowest BCUT2D eigenvalue weighted by atomic mass is 9.82. The van der Waals surface area contributed by atoms with Gasteiger partial charge in [-0.15, -0.1) is 0 Å². The van der Waals surface area contributed by atoms with Crippen molar-refractivity contribution in [2.75, 3.05) is 36.2 Å². The van der Waals surface area contributed by atoms with Gasteiger partial charge in [0.15, 0.2) is 23.0 Å². The molecule has 0 unspecified atom stereocenters. The molecule has 2 aliphatic rings. The first-order valence-electron chi connectivity index (χ1n) is 55.1. The van der Waals surface area contributed by atoms with Crippen LogP contribution in [-0.4, -0.2) is 50.1 Å². The van der Waals surface area contributed by atoms with Crippen LogP contribution in [0.1, 0.15) is 543 Å². The quantitative estimate of drug-likeness (QED) is 0.0160. The van der Waals surface area contributed by atoms with Gasteiger partial charge in [-0.3, -0.25) is 19.2 Å². The molecule has 0 N–H and O–H groups in total. The first kappa shape index (κ1) is 108. The second kappa shape index (κ2) is 65.1. The summed E-state index contributed by atoms with van der Waals surface area (Å²) in [5.74, 6) is 0.776. The minimum absolute atomic E-state index is 0.401. The van der Waals surface area contributed by atoms with Crippen LogP contribution in [0.4, 0.5) is 11.4 Å². The zero-order valence-corrected chi connectivity index (χ0v) is 86.6. The molecule has 130 heavy (non-hydrogen) atoms. The summed E-state index contributed by atoms with van der Waals surface area (Å²) < 4.78 is 28.2. The Morgan fingerprint density at radius 1 is 0.215 bits per heavy atom. The van der Waals surface area contributed by atoms with Crippen LogP contribution in [0.2, 0.25) is 0 Å². The Morgan fingerprint density at radius 3 is 0.623 bits per heavy atom. The molecular weight excluding hydrogens is 1730 g/mol. The van der Waals surface area contributed by atoms with Gasteiger partial charge < -0.3 is 18.9 Å². The second-order valence-corrected chi connectivity index (χ2v) is 41.6. The van der Waals surface area contributed by atoms with Crippen LogP contribution < -0.4 is 28.7 Å². The molecule has 0 atom stereocenters. The van der Waals surface area contributed by atoms with Crippen LogP contribution >= 0.6 is 31.9 Å². The number of benzene rings is 7. The molecule has 4 amide bonds. The highest BCUT2D eigenvalue weighted by Crippen LogP contribution is 2.52. The van der Waals surface area contributed by atoms with Crippen LogP contribution in [-0.2, 0) is 0 Å². The zero-order chi connectivity index (χ0) is 91.8. The number of carbonyl (C=O) groups is 4. The molecule has 0 saturated carbocycles. The first-order valence-corrected chi connectivity index (χ1v) is 56.7. The molecule has 0 radical (unpaired) electrons. The van der Waals surface area contributed by atoms with Crippen molar-refractivity contribution in [3.8, 4) is 23.0 Å². The molecule has 9 rings (SSSR count). The zero-order valence-electron chi connectivity index (χ0n) is 83.4. The summed E-state index contributed by atoms with van der Waals surface area (Å²) in [7, 11) is 0. The molecule has 0 bridgehead atoms. The van der Waals surface area contributed by atoms with Crippen LogP contribution in [0.5, 0.6) is 23.0 Å². The number of nitrogens with zero attached hydrogens (tertiary/aromatic N) is 2. The summed E-state index contributed by atoms with van der Waals surface area (Å²) in [6, 6.07) is 18.9. The lowest BCUT2D eigenvalue weighted by Crippen LogP contribution is -2.40. The van der Waals surface area contributed by atoms with E-state index in [1.807, 2.05) is 74.5 Å². The Kier molecular flexibility index (Phi) is 54.0. The van der Waals surface area contributed by atoms with Crippen molar-refractivity contribution >= 4 is 110 Å². The van der Waals surface area contributed by atoms with Crippen LogP contribution in [0.25, 0.3) is 43.1 Å². The van der Waals surface area contributed by atoms with Crippen molar-refractivity contribution in [1.29, 1.82) is 0 Å². The Morgan fingerprint density at radius 2 is 0.408 bits per heavy atom. The van der Waals surface area contributed by atoms with E-state index in [1.54, 1.807) is 0 Å². The molecule has 0 aromatic heterocycles. The van der Waals surface area contributed by atoms with Crippen molar-refractivity contribution < 1.29 is 38.1 Å². The minimum Gasteiger partial charge on any atom is -0.490 e. The monoisotopic (exact) mass is 1910 g/mol. The van der Waals surface area contributed by atoms with Crippen LogP contribution in [0.3, 0.4) is 0 Å². The molecule has 0 saturated heterocycles. The molecule has 7 aromatic rings. The number of rotatable bonds is 82. The summed E-state index contributed by atoms with van der Waals surface area (Å²) in [6.07, 6.45) is 94.7. The Hall–Kier alpha value is -5.72. The second-order valence-electron chi connectivity index (χ2n) is 39.9. The molecule has 7 aromatic carbocycles. The molecule has 12 heteroatoms. The van der Waals surface area contributed by atoms with Crippen molar-refractivity contribution in [2.45, 2.75) is 504 Å². The van der Waals surface area contributed by atoms with E-state index in [0.717, 1.165) is 94.8 Å². The maximum Gasteiger partial charge on any atom is 0.266 e. The van der Waals surface area contributed by atoms with E-state index in [4.69, 9.17) is 18.9 Å². The highest BCUT2D eigenvalue weighted by molar-refractivity contribution is 9.11. The summed E-state index contributed by atoms with van der Waals surface area (Å²) in [4.78, 5) is 64.9. The average Bonchev–Trinajstić information content (AvgIpc) is 0.680. The molecular formula is C118H180Br2N2O8. The average molecular weight is 1910 g/mol. The van der Waals surface area contributed by atoms with E-state index in [2.05, 4.69) is 59.6 Å². The normalized spacial score (nSPS) is 12.8. The third-order valence-electron chi connectivity index (χ3n) is 28.7. The number of carbonyl (C=O) groups excluding carboxylic acids is 4. The van der Waals surface area contributed by atoms with Gasteiger partial charge >= 0.3 is 0 Å². The summed E-state index contributed by atoms with van der Waals surface area (Å²) >= 11 is 8.04. The fourth-order valence-corrected chi connectivity index (χ4v) is 22.1. The number of unbranched alkanes of at least 4 members (excludes halogenated alkanes) is 68. The lowest BCUT2D eigenvalue weighted by molar-refractivity contribution is 0.0877. The van der Waals surface area contributed by atoms with E-state index < -0.39 is 23.6 Å². The number of ether oxygens (including phenoxy) is 4. The number of amides is 4. The number of hydrogen-bond donors (Lipinski definition) is 0. The fourth-order valence-electron chi connectivity index (χ4n) is 20.9. The van der Waals surface area contributed by atoms with Gasteiger partial charge in [-0.25, -0.2) is 9.80 Å². The van der Waals surface area contributed by atoms with Gasteiger partial charge in [-0.2, -0.15) is 0 Å². The van der Waals surface area contributed by atoms with Gasteiger partial charge in [0.2, 0.25) is 0 Å². The molecule has 0 aliphatic carbocycles. The molecule has 724 valence electrons. The Bertz CT molecular complexity index is 4080. The number of imide groups is 2. The largest absolute Gasteiger partial charge is 0.490 e. The molecule has 0 spiro atoms. The maximum absolute atomic E-state index is 15.6. The molecule has 10 nitrogen and oxygen atoms in total. The van der Waals surface area contributed by atoms with Crippen molar-refractivity contribution in [2.24, 2.45) is 0 Å². The van der Waals surface area contributed by atoms with Gasteiger partial charge in [0.25, 0.3) is 23.6 Å². The smallest absolute Gasteiger partial charge is 0.266 e. The third-order valence-corrected chi connectivity index (χ3v) is 30.0. The van der Waals surface area contributed by atoms with Crippen molar-refractivity contribution in [3.05, 3.63) is 103 Å². The van der Waals surface area contributed by atoms with E-state index in [1.165, 1.54) is 421 Å². The van der Waals surface area contributed by atoms with Crippen molar-refractivity contribution in [1.82, 2.24) is 0 Å². The van der Waals surface area contributed by atoms with E-state index >= 15 is 19.2 Å². The number of hydrogen-bond acceptors (Lipinski definition) is 8. The number of fused-ring (bicyclic) bond motifs is 2. The van der Waals surface area contributed by atoms with Crippen molar-refractivity contribution in [3.63, 3.8) is 0 Å². The first-order chi connectivity index (χ1) is 63.9. The van der Waals surface area contributed by atoms with Crippen LogP contribution in [0, 0.1) is 13.8 Å². The van der Waals surface area contributed by atoms with Gasteiger partial charge in [0.05, 0.1) is 48.9 Å². The predicted octanol–water partition coefficient (Wildman–Crippen LogP) is 39.2. The van der Waals surface area contributed by atoms with Crippen LogP contribution in [0.15, 0.2) is 69.6 Å². The highest BCUT2D eigenvalue weighted by Gasteiger charge is 2.40. The summed E-state index contributed by atoms with van der Waals surface area (Å²) in [5, 5.41) is 5.87. The number of halogens is 2. The van der Waals surface area contributed by atoms with Gasteiger partial charge in [-0.1, -0.05) is 508 Å². The van der Waals surface area contributed by atoms with Gasteiger partial charge in [0.1, 0.15) is 0 Å². The number of anilines is 2. The van der Waals surface area contributed by atoms with Gasteiger partial charge in [-0.05, 0) is 97.8 Å². The predicted molar refractivity (Wildman–Crippen MR) is 565 cm³/mol. The Labute approximate surface area is 808 Å². The standard InChI is InChI=1S/C118H180Br2N2O8/c1-7-11-15-19-23-27-31-35-39-43-47-51-55-59-63-67-71-75-83-127-105-89-95(87-93(5)113(105)129-85-77-73-69-65-61-57-53-49-45-41-37-33-29-25-21-17-13-9-3)121-115(123)99-81-79-97-110-104(120)92-102-108-100(82-80-98(112(108)110)109-103(119)91-101(117(121)125)107(99)111(97)109)116(124)122(118(102)126)96-88-94(6)114(130-86-78-74-70-66-62-58-54-50-46-42-38-34-30-26-22-18-14-10-4)106(90-96)128-84-76-72-68-64-60-56-52-48-44-40-36-32-28-24-20-16-12-8-2/h79-82,87-92H,7-78,83-86H2,1-6H3. The van der Waals surface area contributed by atoms with E-state index in [0.29, 0.717) is 103 Å². The fraction of sp³-hybridized carbons (Fsp3) is 0.695. The van der Waals surface area contributed by atoms with E-state index in [9.17, 15) is 0 Å². The molecule has 2 aliphatic heterocycles. The molecule has 0 fully saturated rings. The van der Waals surface area contributed by atoms with Gasteiger partial charge in [0, 0.05) is 64.5 Å². The summed E-state index contributed by atoms with van der Waals surface area (Å²) in [5.41, 5.74) is 4.14. The highest BCUT2D eigenvalue weighted by atomic mass is 79.9. The number of aryl methyl sites for hydroxylation is 2. The van der Waals surface area contributed by atoms with E-state index in [-0.39, 0.29) is 0 Å². The maximum atomic E-state index is 15.6. The molecule has 2 heterocycles. The third kappa shape index (κ3) is 35.8. The topological polar surface area (TPSA) is 112 Å².